The van der Waals surface area contributed by atoms with Gasteiger partial charge in [0.05, 0.1) is 0 Å². The van der Waals surface area contributed by atoms with Crippen molar-refractivity contribution in [2.75, 3.05) is 19.6 Å². The molecule has 3 aliphatic rings. The Balaban J connectivity index is 1.76. The lowest BCUT2D eigenvalue weighted by Gasteiger charge is -2.19. The van der Waals surface area contributed by atoms with Crippen molar-refractivity contribution in [3.63, 3.8) is 0 Å². The van der Waals surface area contributed by atoms with Gasteiger partial charge < -0.3 is 13.3 Å². The molecule has 4 rings (SSSR count). The monoisotopic (exact) mass is 369 g/mol. The summed E-state index contributed by atoms with van der Waals surface area (Å²) in [5, 5.41) is 0. The van der Waals surface area contributed by atoms with Gasteiger partial charge in [-0.25, -0.2) is 0 Å². The molecule has 0 saturated carbocycles. The molecule has 3 aliphatic heterocycles. The van der Waals surface area contributed by atoms with E-state index in [1.807, 2.05) is 18.2 Å². The van der Waals surface area contributed by atoms with Crippen LogP contribution in [0.1, 0.15) is 16.7 Å². The number of hydrogen-bond acceptors (Lipinski definition) is 6. The van der Waals surface area contributed by atoms with E-state index in [-0.39, 0.29) is 0 Å². The van der Waals surface area contributed by atoms with E-state index in [0.29, 0.717) is 47.0 Å². The zero-order chi connectivity index (χ0) is 16.2. The Morgan fingerprint density at radius 2 is 0.917 bits per heavy atom. The first-order chi connectivity index (χ1) is 11.9. The molecule has 1 aromatic carbocycles. The largest absolute Gasteiger partial charge is 0.528 e. The lowest BCUT2D eigenvalue weighted by molar-refractivity contribution is 0.565. The Bertz CT molecular complexity index is 614. The van der Waals surface area contributed by atoms with Crippen LogP contribution in [0, 0.1) is 0 Å². The molecule has 0 unspecified atom stereocenters. The highest BCUT2D eigenvalue weighted by Crippen LogP contribution is 2.19. The summed E-state index contributed by atoms with van der Waals surface area (Å²) in [5.41, 5.74) is 2.82. The average Bonchev–Trinajstić information content (AvgIpc) is 2.70. The average molecular weight is 370 g/mol. The van der Waals surface area contributed by atoms with E-state index < -0.39 is 0 Å². The third-order valence-electron chi connectivity index (χ3n) is 3.59. The smallest absolute Gasteiger partial charge is 0.314 e. The van der Waals surface area contributed by atoms with Crippen molar-refractivity contribution >= 4 is 47.0 Å². The van der Waals surface area contributed by atoms with Gasteiger partial charge in [0.15, 0.2) is 0 Å². The maximum Gasteiger partial charge on any atom is 0.314 e. The molecule has 0 aliphatic carbocycles. The fourth-order valence-electron chi connectivity index (χ4n) is 2.51. The van der Waals surface area contributed by atoms with Gasteiger partial charge in [-0.05, 0) is 36.3 Å². The van der Waals surface area contributed by atoms with E-state index in [4.69, 9.17) is 13.3 Å². The molecule has 0 atom stereocenters. The molecule has 1 aromatic rings. The normalized spacial score (nSPS) is 20.8. The molecule has 0 amide bonds. The minimum atomic E-state index is 0.463. The van der Waals surface area contributed by atoms with Crippen LogP contribution >= 0.6 is 0 Å². The van der Waals surface area contributed by atoms with Gasteiger partial charge >= 0.3 is 29.3 Å². The zero-order valence-corrected chi connectivity index (χ0v) is 16.0. The van der Waals surface area contributed by atoms with E-state index >= 15 is 0 Å². The SMILES string of the molecule is c1c(C2=NCC[Si]O2)cc(C2=NCC[Si]O2)cc1C1=NCC[Si]O1. The maximum absolute atomic E-state index is 5.77. The van der Waals surface area contributed by atoms with Gasteiger partial charge in [0, 0.05) is 36.3 Å². The Hall–Kier alpha value is -1.72. The molecule has 0 aromatic heterocycles. The van der Waals surface area contributed by atoms with Crippen LogP contribution in [0.5, 0.6) is 0 Å². The first-order valence-corrected chi connectivity index (χ1v) is 11.2. The minimum Gasteiger partial charge on any atom is -0.528 e. The van der Waals surface area contributed by atoms with Gasteiger partial charge in [0.25, 0.3) is 0 Å². The summed E-state index contributed by atoms with van der Waals surface area (Å²) in [6.07, 6.45) is 0. The van der Waals surface area contributed by atoms with Crippen LogP contribution in [-0.2, 0) is 13.3 Å². The molecule has 9 heteroatoms. The Morgan fingerprint density at radius 1 is 0.583 bits per heavy atom. The van der Waals surface area contributed by atoms with Crippen molar-refractivity contribution in [2.45, 2.75) is 18.1 Å². The van der Waals surface area contributed by atoms with Crippen molar-refractivity contribution in [3.05, 3.63) is 34.9 Å². The topological polar surface area (TPSA) is 64.8 Å². The standard InChI is InChI=1S/C15H15N3O3Si3/c1-4-22-19-13(16-1)10-7-11(14-17-2-5-23-20-14)9-12(8-10)15-18-3-6-24-21-15/h7-9H,1-6H2. The number of aliphatic imine (C=N–C) groups is 3. The summed E-state index contributed by atoms with van der Waals surface area (Å²) < 4.78 is 17.3. The van der Waals surface area contributed by atoms with Gasteiger partial charge in [-0.15, -0.1) is 0 Å². The molecule has 24 heavy (non-hydrogen) atoms. The molecule has 6 radical (unpaired) electrons. The summed E-state index contributed by atoms with van der Waals surface area (Å²) in [6, 6.07) is 9.09. The fourth-order valence-corrected chi connectivity index (χ4v) is 4.39. The minimum absolute atomic E-state index is 0.463. The second kappa shape index (κ2) is 7.45. The Kier molecular flexibility index (Phi) is 4.90. The van der Waals surface area contributed by atoms with Crippen LogP contribution in [0.25, 0.3) is 0 Å². The molecule has 0 spiro atoms. The highest BCUT2D eigenvalue weighted by atomic mass is 28.2. The third kappa shape index (κ3) is 3.52. The summed E-state index contributed by atoms with van der Waals surface area (Å²) >= 11 is 0. The van der Waals surface area contributed by atoms with Crippen molar-refractivity contribution in [3.8, 4) is 0 Å². The third-order valence-corrected chi connectivity index (χ3v) is 5.88. The molecular weight excluding hydrogens is 354 g/mol. The van der Waals surface area contributed by atoms with E-state index in [1.165, 1.54) is 0 Å². The van der Waals surface area contributed by atoms with Gasteiger partial charge in [0.2, 0.25) is 17.7 Å². The molecule has 0 N–H and O–H groups in total. The second-order valence-electron chi connectivity index (χ2n) is 5.35. The van der Waals surface area contributed by atoms with Gasteiger partial charge in [-0.2, -0.15) is 0 Å². The van der Waals surface area contributed by atoms with E-state index in [2.05, 4.69) is 15.0 Å². The first-order valence-electron chi connectivity index (χ1n) is 7.89. The second-order valence-corrected chi connectivity index (χ2v) is 8.33. The van der Waals surface area contributed by atoms with Crippen LogP contribution < -0.4 is 0 Å². The molecule has 0 bridgehead atoms. The van der Waals surface area contributed by atoms with E-state index in [9.17, 15) is 0 Å². The predicted molar refractivity (Wildman–Crippen MR) is 95.6 cm³/mol. The Labute approximate surface area is 148 Å². The van der Waals surface area contributed by atoms with Crippen LogP contribution in [0.4, 0.5) is 0 Å². The van der Waals surface area contributed by atoms with E-state index in [0.717, 1.165) is 54.5 Å². The summed E-state index contributed by atoms with van der Waals surface area (Å²) in [5.74, 6) is 2.08. The van der Waals surface area contributed by atoms with E-state index in [1.54, 1.807) is 0 Å². The fraction of sp³-hybridized carbons (Fsp3) is 0.400. The quantitative estimate of drug-likeness (QED) is 0.750. The highest BCUT2D eigenvalue weighted by Gasteiger charge is 2.19. The van der Waals surface area contributed by atoms with Crippen LogP contribution in [0.2, 0.25) is 18.1 Å². The summed E-state index contributed by atoms with van der Waals surface area (Å²) in [7, 11) is 1.39. The number of rotatable bonds is 3. The van der Waals surface area contributed by atoms with Crippen molar-refractivity contribution < 1.29 is 13.3 Å². The molecule has 3 heterocycles. The first kappa shape index (κ1) is 15.8. The van der Waals surface area contributed by atoms with Gasteiger partial charge in [-0.1, -0.05) is 0 Å². The van der Waals surface area contributed by atoms with Crippen molar-refractivity contribution in [1.29, 1.82) is 0 Å². The highest BCUT2D eigenvalue weighted by molar-refractivity contribution is 6.34. The van der Waals surface area contributed by atoms with Crippen LogP contribution in [0.15, 0.2) is 33.2 Å². The number of hydrogen-bond donors (Lipinski definition) is 0. The molecule has 6 nitrogen and oxygen atoms in total. The van der Waals surface area contributed by atoms with Crippen LogP contribution in [-0.4, -0.2) is 66.6 Å². The molecule has 0 saturated heterocycles. The number of nitrogens with zero attached hydrogens (tertiary/aromatic N) is 3. The van der Waals surface area contributed by atoms with Crippen molar-refractivity contribution in [1.82, 2.24) is 0 Å². The number of benzene rings is 1. The summed E-state index contributed by atoms with van der Waals surface area (Å²) in [4.78, 5) is 13.5. The summed E-state index contributed by atoms with van der Waals surface area (Å²) in [6.45, 7) is 2.43. The zero-order valence-electron chi connectivity index (χ0n) is 13.0. The predicted octanol–water partition coefficient (Wildman–Crippen LogP) is 1.13. The van der Waals surface area contributed by atoms with Crippen molar-refractivity contribution in [2.24, 2.45) is 15.0 Å². The molecule has 0 fully saturated rings. The lowest BCUT2D eigenvalue weighted by atomic mass is 10.0. The molecule has 120 valence electrons. The molecular formula is C15H15N3O3Si3. The van der Waals surface area contributed by atoms with Crippen LogP contribution in [0.3, 0.4) is 0 Å². The van der Waals surface area contributed by atoms with Gasteiger partial charge in [-0.3, -0.25) is 15.0 Å². The lowest BCUT2D eigenvalue weighted by Crippen LogP contribution is -2.22. The van der Waals surface area contributed by atoms with Gasteiger partial charge in [0.1, 0.15) is 0 Å². The Morgan fingerprint density at radius 3 is 1.17 bits per heavy atom. The maximum atomic E-state index is 5.77.